The number of carbonyl (C=O) groups is 1. The summed E-state index contributed by atoms with van der Waals surface area (Å²) in [5, 5.41) is 5.44. The summed E-state index contributed by atoms with van der Waals surface area (Å²) in [6, 6.07) is 9.03. The molecule has 0 heterocycles. The number of amides is 2. The van der Waals surface area contributed by atoms with E-state index in [-0.39, 0.29) is 6.03 Å². The van der Waals surface area contributed by atoms with Crippen LogP contribution in [0.3, 0.4) is 0 Å². The highest BCUT2D eigenvalue weighted by atomic mass is 32.1. The van der Waals surface area contributed by atoms with E-state index in [1.807, 2.05) is 30.3 Å². The molecule has 1 aromatic rings. The van der Waals surface area contributed by atoms with Gasteiger partial charge in [-0.15, -0.1) is 0 Å². The molecule has 0 aromatic heterocycles. The second kappa shape index (κ2) is 13.4. The van der Waals surface area contributed by atoms with Crippen molar-refractivity contribution in [1.82, 2.24) is 5.32 Å². The number of benzene rings is 1. The minimum absolute atomic E-state index is 0.243. The van der Waals surface area contributed by atoms with Gasteiger partial charge in [0, 0.05) is 18.0 Å². The predicted molar refractivity (Wildman–Crippen MR) is 89.8 cm³/mol. The molecule has 0 aliphatic carbocycles. The van der Waals surface area contributed by atoms with Gasteiger partial charge in [-0.3, -0.25) is 0 Å². The summed E-state index contributed by atoms with van der Waals surface area (Å²) in [4.78, 5) is 11.6. The van der Waals surface area contributed by atoms with E-state index in [2.05, 4.69) is 23.3 Å². The lowest BCUT2D eigenvalue weighted by Crippen LogP contribution is -2.31. The number of thiol groups is 1. The Kier molecular flexibility index (Phi) is 11.4. The maximum Gasteiger partial charge on any atom is 0.319 e. The minimum Gasteiger partial charge on any atom is -0.378 e. The normalized spacial score (nSPS) is 10.4. The summed E-state index contributed by atoms with van der Waals surface area (Å²) < 4.78 is 15.9. The third-order valence-electron chi connectivity index (χ3n) is 2.54. The summed E-state index contributed by atoms with van der Waals surface area (Å²) >= 11 is 4.03. The zero-order valence-electron chi connectivity index (χ0n) is 12.6. The van der Waals surface area contributed by atoms with Crippen molar-refractivity contribution >= 4 is 24.3 Å². The number of para-hydroxylation sites is 1. The standard InChI is InChI=1S/C15H24N2O4S/c18-15(17-14-4-2-1-3-5-14)16-6-7-19-8-9-20-10-11-21-12-13-22/h1-5,22H,6-13H2,(H2,16,17,18). The lowest BCUT2D eigenvalue weighted by atomic mass is 10.3. The average Bonchev–Trinajstić information content (AvgIpc) is 2.53. The molecule has 0 atom stereocenters. The first-order chi connectivity index (χ1) is 10.8. The van der Waals surface area contributed by atoms with Crippen molar-refractivity contribution in [2.75, 3.05) is 57.3 Å². The van der Waals surface area contributed by atoms with E-state index in [0.29, 0.717) is 51.9 Å². The SMILES string of the molecule is O=C(NCCOCCOCCOCCS)Nc1ccccc1. The highest BCUT2D eigenvalue weighted by Crippen LogP contribution is 2.03. The van der Waals surface area contributed by atoms with Crippen molar-refractivity contribution in [3.63, 3.8) is 0 Å². The Morgan fingerprint density at radius 3 is 2.14 bits per heavy atom. The van der Waals surface area contributed by atoms with Gasteiger partial charge in [0.1, 0.15) is 0 Å². The zero-order chi connectivity index (χ0) is 15.9. The van der Waals surface area contributed by atoms with Gasteiger partial charge in [0.2, 0.25) is 0 Å². The number of urea groups is 1. The molecule has 2 amide bonds. The number of nitrogens with one attached hydrogen (secondary N) is 2. The second-order valence-corrected chi connectivity index (χ2v) is 4.75. The molecule has 0 radical (unpaired) electrons. The number of hydrogen-bond donors (Lipinski definition) is 3. The fourth-order valence-corrected chi connectivity index (χ4v) is 1.67. The van der Waals surface area contributed by atoms with Crippen LogP contribution in [-0.4, -0.2) is 58.0 Å². The Labute approximate surface area is 136 Å². The van der Waals surface area contributed by atoms with Gasteiger partial charge in [-0.1, -0.05) is 18.2 Å². The Morgan fingerprint density at radius 2 is 1.50 bits per heavy atom. The summed E-state index contributed by atoms with van der Waals surface area (Å²) in [7, 11) is 0. The van der Waals surface area contributed by atoms with E-state index >= 15 is 0 Å². The summed E-state index contributed by atoms with van der Waals surface area (Å²) in [5.74, 6) is 0.716. The molecule has 0 spiro atoms. The van der Waals surface area contributed by atoms with Crippen molar-refractivity contribution in [3.05, 3.63) is 30.3 Å². The Morgan fingerprint density at radius 1 is 0.909 bits per heavy atom. The van der Waals surface area contributed by atoms with Crippen LogP contribution in [0.15, 0.2) is 30.3 Å². The monoisotopic (exact) mass is 328 g/mol. The summed E-state index contributed by atoms with van der Waals surface area (Å²) in [6.07, 6.45) is 0. The highest BCUT2D eigenvalue weighted by Gasteiger charge is 1.99. The number of hydrogen-bond acceptors (Lipinski definition) is 5. The van der Waals surface area contributed by atoms with Crippen LogP contribution in [0.5, 0.6) is 0 Å². The third-order valence-corrected chi connectivity index (χ3v) is 2.73. The van der Waals surface area contributed by atoms with E-state index in [1.54, 1.807) is 0 Å². The Bertz CT molecular complexity index is 392. The van der Waals surface area contributed by atoms with E-state index in [4.69, 9.17) is 14.2 Å². The molecule has 1 rings (SSSR count). The number of anilines is 1. The van der Waals surface area contributed by atoms with Gasteiger partial charge in [0.25, 0.3) is 0 Å². The van der Waals surface area contributed by atoms with Crippen LogP contribution in [0, 0.1) is 0 Å². The molecule has 0 saturated heterocycles. The first-order valence-electron chi connectivity index (χ1n) is 7.27. The molecule has 6 nitrogen and oxygen atoms in total. The summed E-state index contributed by atoms with van der Waals surface area (Å²) in [5.41, 5.74) is 0.759. The van der Waals surface area contributed by atoms with Gasteiger partial charge >= 0.3 is 6.03 Å². The van der Waals surface area contributed by atoms with Gasteiger partial charge in [-0.05, 0) is 12.1 Å². The van der Waals surface area contributed by atoms with Crippen molar-refractivity contribution < 1.29 is 19.0 Å². The van der Waals surface area contributed by atoms with E-state index in [1.165, 1.54) is 0 Å². The molecule has 0 bridgehead atoms. The summed E-state index contributed by atoms with van der Waals surface area (Å²) in [6.45, 7) is 3.66. The Hall–Kier alpha value is -1.28. The van der Waals surface area contributed by atoms with Crippen molar-refractivity contribution in [3.8, 4) is 0 Å². The molecule has 22 heavy (non-hydrogen) atoms. The van der Waals surface area contributed by atoms with Gasteiger partial charge in [-0.2, -0.15) is 12.6 Å². The van der Waals surface area contributed by atoms with Crippen LogP contribution < -0.4 is 10.6 Å². The minimum atomic E-state index is -0.243. The maximum atomic E-state index is 11.6. The molecular formula is C15H24N2O4S. The molecule has 0 unspecified atom stereocenters. The van der Waals surface area contributed by atoms with Crippen LogP contribution in [0.2, 0.25) is 0 Å². The van der Waals surface area contributed by atoms with Crippen molar-refractivity contribution in [1.29, 1.82) is 0 Å². The first-order valence-corrected chi connectivity index (χ1v) is 7.90. The lowest BCUT2D eigenvalue weighted by Gasteiger charge is -2.08. The molecule has 1 aromatic carbocycles. The first kappa shape index (κ1) is 18.8. The molecule has 0 aliphatic rings. The van der Waals surface area contributed by atoms with Crippen LogP contribution in [0.25, 0.3) is 0 Å². The largest absolute Gasteiger partial charge is 0.378 e. The van der Waals surface area contributed by atoms with Gasteiger partial charge in [0.05, 0.1) is 39.6 Å². The van der Waals surface area contributed by atoms with Crippen LogP contribution in [0.1, 0.15) is 0 Å². The maximum absolute atomic E-state index is 11.6. The molecule has 7 heteroatoms. The smallest absolute Gasteiger partial charge is 0.319 e. The molecule has 0 saturated carbocycles. The van der Waals surface area contributed by atoms with Crippen LogP contribution in [0.4, 0.5) is 10.5 Å². The molecule has 124 valence electrons. The number of carbonyl (C=O) groups excluding carboxylic acids is 1. The zero-order valence-corrected chi connectivity index (χ0v) is 13.5. The average molecular weight is 328 g/mol. The van der Waals surface area contributed by atoms with Gasteiger partial charge in [-0.25, -0.2) is 4.79 Å². The Balaban J connectivity index is 1.86. The fraction of sp³-hybridized carbons (Fsp3) is 0.533. The molecule has 0 aliphatic heterocycles. The van der Waals surface area contributed by atoms with E-state index in [0.717, 1.165) is 5.69 Å². The van der Waals surface area contributed by atoms with E-state index < -0.39 is 0 Å². The van der Waals surface area contributed by atoms with Crippen molar-refractivity contribution in [2.24, 2.45) is 0 Å². The number of rotatable bonds is 12. The van der Waals surface area contributed by atoms with Gasteiger partial charge < -0.3 is 24.8 Å². The highest BCUT2D eigenvalue weighted by molar-refractivity contribution is 7.80. The van der Waals surface area contributed by atoms with Crippen LogP contribution >= 0.6 is 12.6 Å². The van der Waals surface area contributed by atoms with Crippen molar-refractivity contribution in [2.45, 2.75) is 0 Å². The lowest BCUT2D eigenvalue weighted by molar-refractivity contribution is 0.0184. The molecular weight excluding hydrogens is 304 g/mol. The molecule has 0 fully saturated rings. The second-order valence-electron chi connectivity index (χ2n) is 4.31. The quantitative estimate of drug-likeness (QED) is 0.404. The van der Waals surface area contributed by atoms with Crippen LogP contribution in [-0.2, 0) is 14.2 Å². The van der Waals surface area contributed by atoms with Gasteiger partial charge in [0.15, 0.2) is 0 Å². The third kappa shape index (κ3) is 10.4. The topological polar surface area (TPSA) is 68.8 Å². The number of ether oxygens (including phenoxy) is 3. The van der Waals surface area contributed by atoms with E-state index in [9.17, 15) is 4.79 Å². The predicted octanol–water partition coefficient (Wildman–Crippen LogP) is 1.79. The molecule has 2 N–H and O–H groups in total. The fourth-order valence-electron chi connectivity index (χ4n) is 1.54.